The van der Waals surface area contributed by atoms with Gasteiger partial charge in [-0.2, -0.15) is 0 Å². The summed E-state index contributed by atoms with van der Waals surface area (Å²) in [5.74, 6) is 1.43. The first kappa shape index (κ1) is 20.7. The van der Waals surface area contributed by atoms with Crippen LogP contribution < -0.4 is 9.47 Å². The molecule has 154 valence electrons. The number of aromatic hydroxyl groups is 1. The van der Waals surface area contributed by atoms with E-state index in [4.69, 9.17) is 13.9 Å². The number of rotatable bonds is 8. The van der Waals surface area contributed by atoms with Crippen molar-refractivity contribution in [2.45, 2.75) is 27.3 Å². The summed E-state index contributed by atoms with van der Waals surface area (Å²) in [5.41, 5.74) is 2.08. The van der Waals surface area contributed by atoms with E-state index in [0.717, 1.165) is 13.1 Å². The highest BCUT2D eigenvalue weighted by atomic mass is 16.5. The van der Waals surface area contributed by atoms with E-state index in [1.165, 1.54) is 7.11 Å². The number of hydrogen-bond acceptors (Lipinski definition) is 6. The molecule has 2 aromatic carbocycles. The summed E-state index contributed by atoms with van der Waals surface area (Å²) < 4.78 is 16.6. The van der Waals surface area contributed by atoms with Crippen LogP contribution in [0, 0.1) is 6.92 Å². The average molecular weight is 397 g/mol. The third-order valence-electron chi connectivity index (χ3n) is 5.27. The van der Waals surface area contributed by atoms with Crippen LogP contribution in [0.15, 0.2) is 34.7 Å². The van der Waals surface area contributed by atoms with Crippen LogP contribution in [-0.4, -0.2) is 43.1 Å². The molecule has 0 fully saturated rings. The Hall–Kier alpha value is -2.99. The van der Waals surface area contributed by atoms with Crippen molar-refractivity contribution in [2.75, 3.05) is 27.3 Å². The zero-order valence-corrected chi connectivity index (χ0v) is 17.5. The van der Waals surface area contributed by atoms with Gasteiger partial charge in [-0.25, -0.2) is 0 Å². The van der Waals surface area contributed by atoms with Gasteiger partial charge < -0.3 is 19.0 Å². The van der Waals surface area contributed by atoms with Gasteiger partial charge in [0.15, 0.2) is 0 Å². The van der Waals surface area contributed by atoms with Crippen molar-refractivity contribution in [1.82, 2.24) is 4.90 Å². The minimum absolute atomic E-state index is 0.150. The highest BCUT2D eigenvalue weighted by Crippen LogP contribution is 2.37. The van der Waals surface area contributed by atoms with Gasteiger partial charge in [0, 0.05) is 17.5 Å². The van der Waals surface area contributed by atoms with Gasteiger partial charge in [-0.05, 0) is 50.3 Å². The molecule has 0 spiro atoms. The van der Waals surface area contributed by atoms with Gasteiger partial charge in [-0.1, -0.05) is 13.8 Å². The third kappa shape index (κ3) is 3.80. The monoisotopic (exact) mass is 397 g/mol. The van der Waals surface area contributed by atoms with E-state index in [1.807, 2.05) is 0 Å². The molecule has 29 heavy (non-hydrogen) atoms. The molecular formula is C23H27NO5. The van der Waals surface area contributed by atoms with Crippen LogP contribution in [0.1, 0.15) is 41.1 Å². The predicted molar refractivity (Wildman–Crippen MR) is 112 cm³/mol. The van der Waals surface area contributed by atoms with Gasteiger partial charge in [-0.15, -0.1) is 0 Å². The Morgan fingerprint density at radius 3 is 2.45 bits per heavy atom. The smallest absolute Gasteiger partial charge is 0.201 e. The van der Waals surface area contributed by atoms with Crippen molar-refractivity contribution in [3.8, 4) is 17.2 Å². The molecule has 0 unspecified atom stereocenters. The molecule has 0 radical (unpaired) electrons. The maximum atomic E-state index is 13.6. The van der Waals surface area contributed by atoms with Crippen molar-refractivity contribution in [2.24, 2.45) is 0 Å². The van der Waals surface area contributed by atoms with Crippen molar-refractivity contribution >= 4 is 16.8 Å². The van der Waals surface area contributed by atoms with Gasteiger partial charge in [0.25, 0.3) is 0 Å². The molecule has 0 aliphatic carbocycles. The number of carbonyl (C=O) groups is 1. The Balaban J connectivity index is 2.23. The minimum Gasteiger partial charge on any atom is -0.508 e. The number of benzene rings is 2. The van der Waals surface area contributed by atoms with E-state index in [0.29, 0.717) is 51.5 Å². The fourth-order valence-corrected chi connectivity index (χ4v) is 3.60. The molecule has 0 amide bonds. The van der Waals surface area contributed by atoms with E-state index >= 15 is 0 Å². The molecule has 0 atom stereocenters. The number of furan rings is 1. The second kappa shape index (κ2) is 8.57. The van der Waals surface area contributed by atoms with Crippen LogP contribution in [0.4, 0.5) is 0 Å². The summed E-state index contributed by atoms with van der Waals surface area (Å²) in [4.78, 5) is 15.8. The van der Waals surface area contributed by atoms with Gasteiger partial charge in [0.05, 0.1) is 25.3 Å². The lowest BCUT2D eigenvalue weighted by atomic mass is 9.96. The number of phenolic OH excluding ortho intramolecular Hbond substituents is 1. The van der Waals surface area contributed by atoms with Gasteiger partial charge >= 0.3 is 0 Å². The van der Waals surface area contributed by atoms with Gasteiger partial charge in [0.1, 0.15) is 28.6 Å². The van der Waals surface area contributed by atoms with E-state index in [9.17, 15) is 9.90 Å². The zero-order valence-electron chi connectivity index (χ0n) is 17.5. The molecule has 0 aliphatic rings. The minimum atomic E-state index is -0.233. The summed E-state index contributed by atoms with van der Waals surface area (Å²) in [7, 11) is 3.07. The van der Waals surface area contributed by atoms with E-state index < -0.39 is 0 Å². The molecule has 0 saturated carbocycles. The molecule has 1 heterocycles. The molecule has 3 rings (SSSR count). The summed E-state index contributed by atoms with van der Waals surface area (Å²) in [6, 6.07) is 8.42. The van der Waals surface area contributed by atoms with Crippen molar-refractivity contribution < 1.29 is 23.8 Å². The normalized spacial score (nSPS) is 11.2. The highest BCUT2D eigenvalue weighted by Gasteiger charge is 2.26. The maximum Gasteiger partial charge on any atom is 0.201 e. The number of carbonyl (C=O) groups excluding carboxylic acids is 1. The Bertz CT molecular complexity index is 1030. The highest BCUT2D eigenvalue weighted by molar-refractivity contribution is 6.19. The molecule has 6 nitrogen and oxygen atoms in total. The second-order valence-electron chi connectivity index (χ2n) is 6.83. The van der Waals surface area contributed by atoms with E-state index in [-0.39, 0.29) is 11.5 Å². The van der Waals surface area contributed by atoms with Crippen molar-refractivity contribution in [3.05, 3.63) is 52.8 Å². The summed E-state index contributed by atoms with van der Waals surface area (Å²) in [5, 5.41) is 11.2. The van der Waals surface area contributed by atoms with Crippen molar-refractivity contribution in [1.29, 1.82) is 0 Å². The number of aryl methyl sites for hydroxylation is 1. The van der Waals surface area contributed by atoms with Crippen molar-refractivity contribution in [3.63, 3.8) is 0 Å². The van der Waals surface area contributed by atoms with Crippen LogP contribution in [0.25, 0.3) is 11.0 Å². The first-order valence-electron chi connectivity index (χ1n) is 9.68. The van der Waals surface area contributed by atoms with E-state index in [2.05, 4.69) is 18.7 Å². The van der Waals surface area contributed by atoms with Gasteiger partial charge in [0.2, 0.25) is 5.78 Å². The number of phenols is 1. The van der Waals surface area contributed by atoms with Gasteiger partial charge in [-0.3, -0.25) is 9.69 Å². The zero-order chi connectivity index (χ0) is 21.1. The molecule has 1 N–H and O–H groups in total. The lowest BCUT2D eigenvalue weighted by molar-refractivity contribution is 0.103. The number of ketones is 1. The summed E-state index contributed by atoms with van der Waals surface area (Å²) in [6.45, 7) is 8.07. The third-order valence-corrected chi connectivity index (χ3v) is 5.27. The Kier molecular flexibility index (Phi) is 6.13. The summed E-state index contributed by atoms with van der Waals surface area (Å²) >= 11 is 0. The standard InChI is InChI=1S/C23H27NO5/c1-6-24(7-2)13-17-18(25)9-11-20-22(17)21(14(3)29-20)23(26)16-12-15(27-4)8-10-19(16)28-5/h8-12,25H,6-7,13H2,1-5H3. The van der Waals surface area contributed by atoms with E-state index in [1.54, 1.807) is 44.4 Å². The second-order valence-corrected chi connectivity index (χ2v) is 6.83. The number of ether oxygens (including phenoxy) is 2. The lowest BCUT2D eigenvalue weighted by Crippen LogP contribution is -2.22. The largest absolute Gasteiger partial charge is 0.508 e. The topological polar surface area (TPSA) is 72.1 Å². The molecule has 0 bridgehead atoms. The molecule has 3 aromatic rings. The predicted octanol–water partition coefficient (Wildman–Crippen LogP) is 4.54. The molecular weight excluding hydrogens is 370 g/mol. The SMILES string of the molecule is CCN(CC)Cc1c(O)ccc2oc(C)c(C(=O)c3cc(OC)ccc3OC)c12. The fourth-order valence-electron chi connectivity index (χ4n) is 3.60. The molecule has 6 heteroatoms. The Morgan fingerprint density at radius 1 is 1.10 bits per heavy atom. The molecule has 0 aliphatic heterocycles. The molecule has 1 aromatic heterocycles. The van der Waals surface area contributed by atoms with Crippen LogP contribution >= 0.6 is 0 Å². The van der Waals surface area contributed by atoms with Crippen LogP contribution in [0.3, 0.4) is 0 Å². The quantitative estimate of drug-likeness (QED) is 0.563. The first-order valence-corrected chi connectivity index (χ1v) is 9.68. The fraction of sp³-hybridized carbons (Fsp3) is 0.348. The van der Waals surface area contributed by atoms with Crippen LogP contribution in [-0.2, 0) is 6.54 Å². The van der Waals surface area contributed by atoms with Crippen LogP contribution in [0.2, 0.25) is 0 Å². The Labute approximate surface area is 170 Å². The average Bonchev–Trinajstić information content (AvgIpc) is 3.08. The van der Waals surface area contributed by atoms with Crippen LogP contribution in [0.5, 0.6) is 17.2 Å². The number of fused-ring (bicyclic) bond motifs is 1. The summed E-state index contributed by atoms with van der Waals surface area (Å²) in [6.07, 6.45) is 0. The Morgan fingerprint density at radius 2 is 1.83 bits per heavy atom. The first-order chi connectivity index (χ1) is 13.9. The lowest BCUT2D eigenvalue weighted by Gasteiger charge is -2.19. The maximum absolute atomic E-state index is 13.6. The number of hydrogen-bond donors (Lipinski definition) is 1. The molecule has 0 saturated heterocycles. The number of nitrogens with zero attached hydrogens (tertiary/aromatic N) is 1. The number of methoxy groups -OCH3 is 2.